The second-order valence-corrected chi connectivity index (χ2v) is 8.31. The highest BCUT2D eigenvalue weighted by molar-refractivity contribution is 5.85. The Balaban J connectivity index is 1.58. The summed E-state index contributed by atoms with van der Waals surface area (Å²) in [4.78, 5) is 0. The summed E-state index contributed by atoms with van der Waals surface area (Å²) in [6.45, 7) is 3.14. The molecule has 0 spiro atoms. The van der Waals surface area contributed by atoms with E-state index in [4.69, 9.17) is 0 Å². The van der Waals surface area contributed by atoms with Crippen LogP contribution in [-0.4, -0.2) is 4.57 Å². The van der Waals surface area contributed by atoms with Gasteiger partial charge in [0.1, 0.15) is 0 Å². The Morgan fingerprint density at radius 3 is 1.94 bits per heavy atom. The minimum atomic E-state index is 0.893. The summed E-state index contributed by atoms with van der Waals surface area (Å²) in [6, 6.07) is 39.4. The third kappa shape index (κ3) is 4.18. The first-order valence-corrected chi connectivity index (χ1v) is 11.0. The highest BCUT2D eigenvalue weighted by atomic mass is 15.0. The lowest BCUT2D eigenvalue weighted by Crippen LogP contribution is -2.09. The van der Waals surface area contributed by atoms with Gasteiger partial charge in [0.2, 0.25) is 0 Å². The summed E-state index contributed by atoms with van der Waals surface area (Å²) in [7, 11) is 0. The minimum Gasteiger partial charge on any atom is -0.344 e. The molecule has 1 nitrogen and oxygen atoms in total. The molecule has 0 bridgehead atoms. The molecule has 0 unspecified atom stereocenters. The van der Waals surface area contributed by atoms with Gasteiger partial charge in [0.25, 0.3) is 0 Å². The summed E-state index contributed by atoms with van der Waals surface area (Å²) in [5, 5.41) is 2.65. The monoisotopic (exact) mass is 401 g/mol. The van der Waals surface area contributed by atoms with Gasteiger partial charge in [-0.15, -0.1) is 0 Å². The van der Waals surface area contributed by atoms with Crippen LogP contribution in [0.15, 0.2) is 109 Å². The van der Waals surface area contributed by atoms with E-state index in [9.17, 15) is 0 Å². The summed E-state index contributed by atoms with van der Waals surface area (Å²) in [5.74, 6) is 0. The molecule has 1 heterocycles. The Kier molecular flexibility index (Phi) is 5.41. The molecule has 0 saturated heterocycles. The van der Waals surface area contributed by atoms with Crippen molar-refractivity contribution in [3.05, 3.63) is 143 Å². The van der Waals surface area contributed by atoms with Crippen molar-refractivity contribution in [2.75, 3.05) is 0 Å². The van der Waals surface area contributed by atoms with E-state index in [1.807, 2.05) is 0 Å². The Morgan fingerprint density at radius 2 is 1.19 bits per heavy atom. The predicted octanol–water partition coefficient (Wildman–Crippen LogP) is 7.18. The van der Waals surface area contributed by atoms with Crippen molar-refractivity contribution < 1.29 is 0 Å². The SMILES string of the molecule is Cc1cc(Cc2ccccc2)c(Cc2ccccc2)n1Cc1cccc2ccccc12. The number of hydrogen-bond donors (Lipinski definition) is 0. The van der Waals surface area contributed by atoms with Crippen LogP contribution >= 0.6 is 0 Å². The topological polar surface area (TPSA) is 4.93 Å². The van der Waals surface area contributed by atoms with Crippen molar-refractivity contribution in [3.63, 3.8) is 0 Å². The molecule has 0 N–H and O–H groups in total. The summed E-state index contributed by atoms with van der Waals surface area (Å²) < 4.78 is 2.52. The van der Waals surface area contributed by atoms with E-state index < -0.39 is 0 Å². The summed E-state index contributed by atoms with van der Waals surface area (Å²) in [6.07, 6.45) is 1.91. The fourth-order valence-corrected chi connectivity index (χ4v) is 4.59. The number of aryl methyl sites for hydroxylation is 1. The van der Waals surface area contributed by atoms with Gasteiger partial charge in [-0.05, 0) is 52.4 Å². The quantitative estimate of drug-likeness (QED) is 0.284. The maximum Gasteiger partial charge on any atom is 0.0481 e. The second kappa shape index (κ2) is 8.65. The number of nitrogens with zero attached hydrogens (tertiary/aromatic N) is 1. The van der Waals surface area contributed by atoms with Crippen LogP contribution in [0.4, 0.5) is 0 Å². The van der Waals surface area contributed by atoms with Crippen LogP contribution in [0.3, 0.4) is 0 Å². The first-order valence-electron chi connectivity index (χ1n) is 11.0. The largest absolute Gasteiger partial charge is 0.344 e. The van der Waals surface area contributed by atoms with E-state index in [0.29, 0.717) is 0 Å². The van der Waals surface area contributed by atoms with Gasteiger partial charge in [-0.3, -0.25) is 0 Å². The molecule has 0 atom stereocenters. The summed E-state index contributed by atoms with van der Waals surface area (Å²) in [5.41, 5.74) is 8.25. The van der Waals surface area contributed by atoms with Crippen molar-refractivity contribution in [3.8, 4) is 0 Å². The lowest BCUT2D eigenvalue weighted by molar-refractivity contribution is 0.733. The molecular weight excluding hydrogens is 374 g/mol. The molecule has 5 aromatic rings. The molecule has 0 aliphatic rings. The van der Waals surface area contributed by atoms with Crippen molar-refractivity contribution in [1.82, 2.24) is 4.57 Å². The Morgan fingerprint density at radius 1 is 0.581 bits per heavy atom. The Hall–Kier alpha value is -3.58. The fraction of sp³-hybridized carbons (Fsp3) is 0.133. The van der Waals surface area contributed by atoms with Gasteiger partial charge in [-0.25, -0.2) is 0 Å². The molecule has 1 aromatic heterocycles. The zero-order chi connectivity index (χ0) is 21.0. The highest BCUT2D eigenvalue weighted by Gasteiger charge is 2.15. The van der Waals surface area contributed by atoms with Crippen LogP contribution in [0.1, 0.15) is 33.6 Å². The fourth-order valence-electron chi connectivity index (χ4n) is 4.59. The molecule has 152 valence electrons. The maximum absolute atomic E-state index is 2.52. The normalized spacial score (nSPS) is 11.1. The van der Waals surface area contributed by atoms with Crippen LogP contribution in [0.2, 0.25) is 0 Å². The second-order valence-electron chi connectivity index (χ2n) is 8.31. The zero-order valence-corrected chi connectivity index (χ0v) is 18.0. The molecule has 0 radical (unpaired) electrons. The van der Waals surface area contributed by atoms with E-state index >= 15 is 0 Å². The van der Waals surface area contributed by atoms with E-state index in [0.717, 1.165) is 19.4 Å². The molecule has 0 fully saturated rings. The van der Waals surface area contributed by atoms with Gasteiger partial charge in [0, 0.05) is 24.4 Å². The Bertz CT molecular complexity index is 1290. The van der Waals surface area contributed by atoms with Gasteiger partial charge < -0.3 is 4.57 Å². The standard InChI is InChI=1S/C30H27N/c1-23-19-28(20-24-11-4-2-5-12-24)30(21-25-13-6-3-7-14-25)31(23)22-27-17-10-16-26-15-8-9-18-29(26)27/h2-19H,20-22H2,1H3. The van der Waals surface area contributed by atoms with Gasteiger partial charge in [0.15, 0.2) is 0 Å². The molecule has 0 aliphatic heterocycles. The lowest BCUT2D eigenvalue weighted by atomic mass is 10.0. The molecule has 0 aliphatic carbocycles. The van der Waals surface area contributed by atoms with Crippen molar-refractivity contribution in [2.24, 2.45) is 0 Å². The van der Waals surface area contributed by atoms with Crippen LogP contribution in [0.25, 0.3) is 10.8 Å². The number of aromatic nitrogens is 1. The molecule has 0 amide bonds. The first kappa shape index (κ1) is 19.4. The van der Waals surface area contributed by atoms with Crippen LogP contribution < -0.4 is 0 Å². The van der Waals surface area contributed by atoms with Crippen molar-refractivity contribution in [1.29, 1.82) is 0 Å². The van der Waals surface area contributed by atoms with Gasteiger partial charge in [-0.1, -0.05) is 103 Å². The average Bonchev–Trinajstić information content (AvgIpc) is 3.09. The maximum atomic E-state index is 2.52. The number of fused-ring (bicyclic) bond motifs is 1. The molecule has 1 heteroatoms. The van der Waals surface area contributed by atoms with E-state index in [1.165, 1.54) is 44.4 Å². The zero-order valence-electron chi connectivity index (χ0n) is 18.0. The number of benzene rings is 4. The van der Waals surface area contributed by atoms with Crippen LogP contribution in [0, 0.1) is 6.92 Å². The first-order chi connectivity index (χ1) is 15.3. The number of rotatable bonds is 6. The van der Waals surface area contributed by atoms with Crippen LogP contribution in [-0.2, 0) is 19.4 Å². The highest BCUT2D eigenvalue weighted by Crippen LogP contribution is 2.26. The smallest absolute Gasteiger partial charge is 0.0481 e. The van der Waals surface area contributed by atoms with E-state index in [2.05, 4.69) is 121 Å². The number of hydrogen-bond acceptors (Lipinski definition) is 0. The molecule has 5 rings (SSSR count). The lowest BCUT2D eigenvalue weighted by Gasteiger charge is -2.16. The van der Waals surface area contributed by atoms with E-state index in [1.54, 1.807) is 0 Å². The molecule has 31 heavy (non-hydrogen) atoms. The van der Waals surface area contributed by atoms with Crippen molar-refractivity contribution in [2.45, 2.75) is 26.3 Å². The van der Waals surface area contributed by atoms with E-state index in [-0.39, 0.29) is 0 Å². The summed E-state index contributed by atoms with van der Waals surface area (Å²) >= 11 is 0. The Labute approximate surface area is 184 Å². The van der Waals surface area contributed by atoms with Gasteiger partial charge in [-0.2, -0.15) is 0 Å². The third-order valence-corrected chi connectivity index (χ3v) is 6.17. The van der Waals surface area contributed by atoms with Gasteiger partial charge in [0.05, 0.1) is 0 Å². The van der Waals surface area contributed by atoms with Crippen molar-refractivity contribution >= 4 is 10.8 Å². The molecule has 0 saturated carbocycles. The third-order valence-electron chi connectivity index (χ3n) is 6.17. The minimum absolute atomic E-state index is 0.893. The molecule has 4 aromatic carbocycles. The predicted molar refractivity (Wildman–Crippen MR) is 131 cm³/mol. The molecular formula is C30H27N. The van der Waals surface area contributed by atoms with Crippen LogP contribution in [0.5, 0.6) is 0 Å². The average molecular weight is 402 g/mol. The van der Waals surface area contributed by atoms with Gasteiger partial charge >= 0.3 is 0 Å².